The van der Waals surface area contributed by atoms with Gasteiger partial charge in [-0.25, -0.2) is 0 Å². The summed E-state index contributed by atoms with van der Waals surface area (Å²) >= 11 is 0. The molecule has 3 aliphatic rings. The second-order valence-electron chi connectivity index (χ2n) is 10.2. The van der Waals surface area contributed by atoms with E-state index < -0.39 is 0 Å². The monoisotopic (exact) mass is 364 g/mol. The highest BCUT2D eigenvalue weighted by molar-refractivity contribution is 5.83. The molecular weight excluding hydrogens is 324 g/mol. The van der Waals surface area contributed by atoms with Gasteiger partial charge < -0.3 is 10.0 Å². The van der Waals surface area contributed by atoms with Gasteiger partial charge in [-0.05, 0) is 61.9 Å². The van der Waals surface area contributed by atoms with E-state index in [0.29, 0.717) is 35.0 Å². The van der Waals surface area contributed by atoms with E-state index in [-0.39, 0.29) is 18.7 Å². The van der Waals surface area contributed by atoms with Crippen LogP contribution in [-0.4, -0.2) is 59.6 Å². The molecule has 0 radical (unpaired) electrons. The van der Waals surface area contributed by atoms with Gasteiger partial charge in [0.1, 0.15) is 0 Å². The number of hydrogen-bond donors (Lipinski definition) is 1. The molecule has 0 bridgehead atoms. The molecule has 2 aliphatic carbocycles. The molecule has 3 fully saturated rings. The zero-order valence-corrected chi connectivity index (χ0v) is 17.6. The van der Waals surface area contributed by atoms with E-state index >= 15 is 0 Å². The van der Waals surface area contributed by atoms with Crippen molar-refractivity contribution < 1.29 is 9.90 Å². The average Bonchev–Trinajstić information content (AvgIpc) is 2.96. The van der Waals surface area contributed by atoms with Crippen LogP contribution in [0.1, 0.15) is 66.2 Å². The molecule has 26 heavy (non-hydrogen) atoms. The third-order valence-electron chi connectivity index (χ3n) is 7.70. The van der Waals surface area contributed by atoms with Crippen molar-refractivity contribution in [2.75, 3.05) is 26.7 Å². The molecule has 150 valence electrons. The molecule has 1 N–H and O–H groups in total. The van der Waals surface area contributed by atoms with Crippen LogP contribution in [0.4, 0.5) is 0 Å². The summed E-state index contributed by atoms with van der Waals surface area (Å²) in [6, 6.07) is 0.0378. The number of fused-ring (bicyclic) bond motifs is 1. The van der Waals surface area contributed by atoms with Crippen LogP contribution in [0.2, 0.25) is 0 Å². The fourth-order valence-electron chi connectivity index (χ4n) is 5.88. The van der Waals surface area contributed by atoms with Gasteiger partial charge in [-0.15, -0.1) is 0 Å². The van der Waals surface area contributed by atoms with E-state index in [1.165, 1.54) is 32.1 Å². The number of hydrogen-bond acceptors (Lipinski definition) is 3. The smallest absolute Gasteiger partial charge is 0.240 e. The Bertz CT molecular complexity index is 498. The normalized spacial score (nSPS) is 32.2. The largest absolute Gasteiger partial charge is 0.394 e. The second-order valence-corrected chi connectivity index (χ2v) is 10.2. The van der Waals surface area contributed by atoms with E-state index in [9.17, 15) is 9.90 Å². The summed E-state index contributed by atoms with van der Waals surface area (Å²) in [5.41, 5.74) is 0.300. The van der Waals surface area contributed by atoms with Crippen LogP contribution in [0.15, 0.2) is 0 Å². The third-order valence-corrected chi connectivity index (χ3v) is 7.70. The van der Waals surface area contributed by atoms with Gasteiger partial charge in [-0.1, -0.05) is 47.0 Å². The SMILES string of the molecule is CC(C)CCN(C)[C@H](C(=O)N1C[C@H]2[C@@H]([C@H]1CO)C2(C)C)C1CCCCC1. The van der Waals surface area contributed by atoms with Crippen LogP contribution in [0, 0.1) is 29.1 Å². The Hall–Kier alpha value is -0.610. The number of carbonyl (C=O) groups is 1. The first-order valence-electron chi connectivity index (χ1n) is 10.9. The van der Waals surface area contributed by atoms with Crippen LogP contribution in [-0.2, 0) is 4.79 Å². The number of rotatable bonds is 7. The summed E-state index contributed by atoms with van der Waals surface area (Å²) in [7, 11) is 2.15. The van der Waals surface area contributed by atoms with E-state index in [2.05, 4.69) is 44.5 Å². The van der Waals surface area contributed by atoms with Crippen molar-refractivity contribution in [1.82, 2.24) is 9.80 Å². The lowest BCUT2D eigenvalue weighted by Gasteiger charge is -2.40. The molecule has 1 saturated heterocycles. The van der Waals surface area contributed by atoms with E-state index in [4.69, 9.17) is 0 Å². The third kappa shape index (κ3) is 3.69. The summed E-state index contributed by atoms with van der Waals surface area (Å²) < 4.78 is 0. The highest BCUT2D eigenvalue weighted by atomic mass is 16.3. The number of amides is 1. The number of likely N-dealkylation sites (tertiary alicyclic amines) is 1. The number of carbonyl (C=O) groups excluding carboxylic acids is 1. The van der Waals surface area contributed by atoms with Crippen LogP contribution >= 0.6 is 0 Å². The fourth-order valence-corrected chi connectivity index (χ4v) is 5.88. The number of aliphatic hydroxyl groups is 1. The quantitative estimate of drug-likeness (QED) is 0.753. The summed E-state index contributed by atoms with van der Waals surface area (Å²) in [5, 5.41) is 10.0. The molecule has 1 heterocycles. The zero-order chi connectivity index (χ0) is 19.1. The van der Waals surface area contributed by atoms with Crippen LogP contribution in [0.25, 0.3) is 0 Å². The predicted octanol–water partition coefficient (Wildman–Crippen LogP) is 3.39. The Labute approximate surface area is 160 Å². The lowest BCUT2D eigenvalue weighted by Crippen LogP contribution is -2.55. The van der Waals surface area contributed by atoms with Crippen molar-refractivity contribution in [3.05, 3.63) is 0 Å². The zero-order valence-electron chi connectivity index (χ0n) is 17.6. The van der Waals surface area contributed by atoms with E-state index in [0.717, 1.165) is 19.5 Å². The lowest BCUT2D eigenvalue weighted by atomic mass is 9.82. The number of piperidine rings is 1. The topological polar surface area (TPSA) is 43.8 Å². The minimum absolute atomic E-state index is 0.00344. The Kier molecular flexibility index (Phi) is 6.03. The Morgan fingerprint density at radius 3 is 2.46 bits per heavy atom. The van der Waals surface area contributed by atoms with Gasteiger partial charge in [0.2, 0.25) is 5.91 Å². The first kappa shape index (κ1) is 20.1. The minimum atomic E-state index is 0.00344. The molecule has 2 saturated carbocycles. The van der Waals surface area contributed by atoms with Crippen LogP contribution in [0.5, 0.6) is 0 Å². The maximum absolute atomic E-state index is 13.7. The molecule has 1 amide bonds. The van der Waals surface area contributed by atoms with Crippen LogP contribution < -0.4 is 0 Å². The van der Waals surface area contributed by atoms with Gasteiger partial charge in [0, 0.05) is 6.54 Å². The summed E-state index contributed by atoms with van der Waals surface area (Å²) in [6.07, 6.45) is 7.32. The average molecular weight is 365 g/mol. The van der Waals surface area contributed by atoms with Crippen molar-refractivity contribution in [3.63, 3.8) is 0 Å². The predicted molar refractivity (Wildman–Crippen MR) is 106 cm³/mol. The van der Waals surface area contributed by atoms with E-state index in [1.807, 2.05) is 0 Å². The number of nitrogens with zero attached hydrogens (tertiary/aromatic N) is 2. The minimum Gasteiger partial charge on any atom is -0.394 e. The molecule has 4 heteroatoms. The Morgan fingerprint density at radius 1 is 1.23 bits per heavy atom. The fraction of sp³-hybridized carbons (Fsp3) is 0.955. The summed E-state index contributed by atoms with van der Waals surface area (Å²) in [6.45, 7) is 11.0. The van der Waals surface area contributed by atoms with Gasteiger partial charge in [0.15, 0.2) is 0 Å². The molecule has 0 unspecified atom stereocenters. The van der Waals surface area contributed by atoms with Gasteiger partial charge in [-0.3, -0.25) is 9.69 Å². The first-order valence-corrected chi connectivity index (χ1v) is 10.9. The van der Waals surface area contributed by atoms with Crippen molar-refractivity contribution in [2.45, 2.75) is 78.3 Å². The summed E-state index contributed by atoms with van der Waals surface area (Å²) in [5.74, 6) is 2.51. The molecule has 4 atom stereocenters. The standard InChI is InChI=1S/C22H40N2O2/c1-15(2)11-12-23(5)20(16-9-7-6-8-10-16)21(26)24-13-17-19(18(24)14-25)22(17,3)4/h15-20,25H,6-14H2,1-5H3/t17-,18+,19-,20-/m0/s1. The number of aliphatic hydroxyl groups excluding tert-OH is 1. The van der Waals surface area contributed by atoms with Gasteiger partial charge in [-0.2, -0.15) is 0 Å². The van der Waals surface area contributed by atoms with Crippen LogP contribution in [0.3, 0.4) is 0 Å². The van der Waals surface area contributed by atoms with Gasteiger partial charge >= 0.3 is 0 Å². The van der Waals surface area contributed by atoms with Crippen molar-refractivity contribution in [3.8, 4) is 0 Å². The molecule has 0 aromatic rings. The van der Waals surface area contributed by atoms with Crippen molar-refractivity contribution in [2.24, 2.45) is 29.1 Å². The summed E-state index contributed by atoms with van der Waals surface area (Å²) in [4.78, 5) is 18.0. The van der Waals surface area contributed by atoms with Crippen molar-refractivity contribution in [1.29, 1.82) is 0 Å². The molecular formula is C22H40N2O2. The highest BCUT2D eigenvalue weighted by Crippen LogP contribution is 2.64. The molecule has 1 aliphatic heterocycles. The maximum atomic E-state index is 13.7. The molecule has 0 aromatic heterocycles. The van der Waals surface area contributed by atoms with Gasteiger partial charge in [0.05, 0.1) is 18.7 Å². The molecule has 4 nitrogen and oxygen atoms in total. The highest BCUT2D eigenvalue weighted by Gasteiger charge is 2.67. The van der Waals surface area contributed by atoms with Gasteiger partial charge in [0.25, 0.3) is 0 Å². The molecule has 0 aromatic carbocycles. The second kappa shape index (κ2) is 7.79. The maximum Gasteiger partial charge on any atom is 0.240 e. The number of likely N-dealkylation sites (N-methyl/N-ethyl adjacent to an activating group) is 1. The lowest BCUT2D eigenvalue weighted by molar-refractivity contribution is -0.142. The molecule has 3 rings (SSSR count). The van der Waals surface area contributed by atoms with E-state index in [1.54, 1.807) is 0 Å². The molecule has 0 spiro atoms. The first-order chi connectivity index (χ1) is 12.3. The Balaban J connectivity index is 1.74. The van der Waals surface area contributed by atoms with Crippen molar-refractivity contribution >= 4 is 5.91 Å². The Morgan fingerprint density at radius 2 is 1.88 bits per heavy atom.